The van der Waals surface area contributed by atoms with Crippen LogP contribution < -0.4 is 10.2 Å². The van der Waals surface area contributed by atoms with Crippen molar-refractivity contribution in [2.75, 3.05) is 23.3 Å². The predicted molar refractivity (Wildman–Crippen MR) is 94.3 cm³/mol. The van der Waals surface area contributed by atoms with Crippen LogP contribution in [0.3, 0.4) is 0 Å². The van der Waals surface area contributed by atoms with E-state index in [0.29, 0.717) is 12.0 Å². The summed E-state index contributed by atoms with van der Waals surface area (Å²) in [4.78, 5) is 23.3. The SMILES string of the molecule is Cc1ccnc(NC2CCCN(c3ncnc4cc(C)[nH]c34)C2)n1. The highest BCUT2D eigenvalue weighted by molar-refractivity contribution is 5.86. The number of aromatic amines is 1. The minimum absolute atomic E-state index is 0.307. The monoisotopic (exact) mass is 323 g/mol. The minimum atomic E-state index is 0.307. The van der Waals surface area contributed by atoms with Gasteiger partial charge in [0.1, 0.15) is 11.8 Å². The summed E-state index contributed by atoms with van der Waals surface area (Å²) in [6.45, 7) is 5.89. The van der Waals surface area contributed by atoms with Gasteiger partial charge in [0.25, 0.3) is 0 Å². The molecule has 24 heavy (non-hydrogen) atoms. The van der Waals surface area contributed by atoms with Gasteiger partial charge in [-0.25, -0.2) is 19.9 Å². The van der Waals surface area contributed by atoms with Crippen molar-refractivity contribution in [1.29, 1.82) is 0 Å². The normalized spacial score (nSPS) is 18.1. The molecule has 1 aliphatic rings. The van der Waals surface area contributed by atoms with E-state index in [9.17, 15) is 0 Å². The Morgan fingerprint density at radius 3 is 3.04 bits per heavy atom. The number of H-pyrrole nitrogens is 1. The molecule has 0 radical (unpaired) electrons. The summed E-state index contributed by atoms with van der Waals surface area (Å²) < 4.78 is 0. The smallest absolute Gasteiger partial charge is 0.223 e. The first-order valence-corrected chi connectivity index (χ1v) is 8.30. The Balaban J connectivity index is 1.56. The number of aryl methyl sites for hydroxylation is 2. The predicted octanol–water partition coefficient (Wildman–Crippen LogP) is 2.45. The summed E-state index contributed by atoms with van der Waals surface area (Å²) in [7, 11) is 0. The zero-order valence-corrected chi connectivity index (χ0v) is 14.0. The molecule has 4 heterocycles. The van der Waals surface area contributed by atoms with E-state index in [1.165, 1.54) is 0 Å². The summed E-state index contributed by atoms with van der Waals surface area (Å²) in [5, 5.41) is 3.46. The van der Waals surface area contributed by atoms with Crippen LogP contribution in [0.15, 0.2) is 24.7 Å². The van der Waals surface area contributed by atoms with Crippen LogP contribution in [-0.4, -0.2) is 44.1 Å². The van der Waals surface area contributed by atoms with Crippen molar-refractivity contribution in [3.05, 3.63) is 36.0 Å². The van der Waals surface area contributed by atoms with Crippen molar-refractivity contribution in [1.82, 2.24) is 24.9 Å². The fourth-order valence-electron chi connectivity index (χ4n) is 3.29. The summed E-state index contributed by atoms with van der Waals surface area (Å²) in [5.74, 6) is 1.68. The van der Waals surface area contributed by atoms with Crippen LogP contribution in [0.1, 0.15) is 24.2 Å². The molecule has 0 spiro atoms. The van der Waals surface area contributed by atoms with E-state index >= 15 is 0 Å². The molecule has 0 saturated carbocycles. The third-order valence-electron chi connectivity index (χ3n) is 4.38. The summed E-state index contributed by atoms with van der Waals surface area (Å²) in [5.41, 5.74) is 4.06. The highest BCUT2D eigenvalue weighted by Crippen LogP contribution is 2.26. The second-order valence-electron chi connectivity index (χ2n) is 6.36. The lowest BCUT2D eigenvalue weighted by atomic mass is 10.1. The zero-order chi connectivity index (χ0) is 16.5. The van der Waals surface area contributed by atoms with E-state index in [1.54, 1.807) is 12.5 Å². The molecule has 1 saturated heterocycles. The molecule has 0 aliphatic carbocycles. The van der Waals surface area contributed by atoms with Crippen molar-refractivity contribution in [3.63, 3.8) is 0 Å². The van der Waals surface area contributed by atoms with Crippen LogP contribution in [0.4, 0.5) is 11.8 Å². The van der Waals surface area contributed by atoms with Crippen LogP contribution in [0.5, 0.6) is 0 Å². The third-order valence-corrected chi connectivity index (χ3v) is 4.38. The number of aromatic nitrogens is 5. The average Bonchev–Trinajstić information content (AvgIpc) is 2.95. The molecule has 3 aromatic heterocycles. The summed E-state index contributed by atoms with van der Waals surface area (Å²) in [6, 6.07) is 4.27. The zero-order valence-electron chi connectivity index (χ0n) is 14.0. The molecular weight excluding hydrogens is 302 g/mol. The molecule has 7 heteroatoms. The van der Waals surface area contributed by atoms with Crippen molar-refractivity contribution in [2.45, 2.75) is 32.7 Å². The van der Waals surface area contributed by atoms with Gasteiger partial charge in [0.2, 0.25) is 5.95 Å². The van der Waals surface area contributed by atoms with Crippen LogP contribution in [0, 0.1) is 13.8 Å². The van der Waals surface area contributed by atoms with Crippen LogP contribution in [0.25, 0.3) is 11.0 Å². The van der Waals surface area contributed by atoms with Gasteiger partial charge in [-0.05, 0) is 38.8 Å². The first kappa shape index (κ1) is 14.9. The molecule has 124 valence electrons. The highest BCUT2D eigenvalue weighted by atomic mass is 15.2. The van der Waals surface area contributed by atoms with Gasteiger partial charge in [0, 0.05) is 36.7 Å². The average molecular weight is 323 g/mol. The number of fused-ring (bicyclic) bond motifs is 1. The summed E-state index contributed by atoms with van der Waals surface area (Å²) >= 11 is 0. The fourth-order valence-corrected chi connectivity index (χ4v) is 3.29. The molecule has 0 aromatic carbocycles. The molecule has 1 fully saturated rings. The van der Waals surface area contributed by atoms with Gasteiger partial charge in [0.15, 0.2) is 5.82 Å². The highest BCUT2D eigenvalue weighted by Gasteiger charge is 2.23. The Morgan fingerprint density at radius 2 is 2.17 bits per heavy atom. The lowest BCUT2D eigenvalue weighted by Gasteiger charge is -2.34. The topological polar surface area (TPSA) is 82.6 Å². The van der Waals surface area contributed by atoms with Gasteiger partial charge in [-0.1, -0.05) is 0 Å². The summed E-state index contributed by atoms with van der Waals surface area (Å²) in [6.07, 6.45) is 5.65. The number of nitrogens with one attached hydrogen (secondary N) is 2. The second kappa shape index (κ2) is 6.07. The van der Waals surface area contributed by atoms with E-state index < -0.39 is 0 Å². The van der Waals surface area contributed by atoms with Gasteiger partial charge in [0.05, 0.1) is 5.52 Å². The van der Waals surface area contributed by atoms with Crippen molar-refractivity contribution in [3.8, 4) is 0 Å². The fraction of sp³-hybridized carbons (Fsp3) is 0.412. The Labute approximate surface area is 140 Å². The molecule has 0 amide bonds. The standard InChI is InChI=1S/C17H21N7/c1-11-5-6-18-17(22-11)23-13-4-3-7-24(9-13)16-15-14(19-10-20-16)8-12(2)21-15/h5-6,8,10,13,21H,3-4,7,9H2,1-2H3,(H,18,22,23). The number of hydrogen-bond acceptors (Lipinski definition) is 6. The van der Waals surface area contributed by atoms with E-state index in [4.69, 9.17) is 0 Å². The largest absolute Gasteiger partial charge is 0.354 e. The third kappa shape index (κ3) is 2.89. The molecule has 4 rings (SSSR count). The molecule has 1 unspecified atom stereocenters. The van der Waals surface area contributed by atoms with Gasteiger partial charge in [-0.15, -0.1) is 0 Å². The molecule has 3 aromatic rings. The van der Waals surface area contributed by atoms with E-state index in [2.05, 4.69) is 41.2 Å². The van der Waals surface area contributed by atoms with Gasteiger partial charge < -0.3 is 15.2 Å². The Kier molecular flexibility index (Phi) is 3.76. The number of hydrogen-bond donors (Lipinski definition) is 2. The van der Waals surface area contributed by atoms with Crippen LogP contribution in [0.2, 0.25) is 0 Å². The molecule has 0 bridgehead atoms. The van der Waals surface area contributed by atoms with Crippen molar-refractivity contribution in [2.24, 2.45) is 0 Å². The maximum atomic E-state index is 4.52. The van der Waals surface area contributed by atoms with Crippen LogP contribution >= 0.6 is 0 Å². The van der Waals surface area contributed by atoms with E-state index in [0.717, 1.165) is 54.2 Å². The second-order valence-corrected chi connectivity index (χ2v) is 6.36. The van der Waals surface area contributed by atoms with Crippen LogP contribution in [-0.2, 0) is 0 Å². The van der Waals surface area contributed by atoms with Gasteiger partial charge in [-0.3, -0.25) is 0 Å². The Hall–Kier alpha value is -2.70. The lowest BCUT2D eigenvalue weighted by molar-refractivity contribution is 0.525. The first-order valence-electron chi connectivity index (χ1n) is 8.30. The number of rotatable bonds is 3. The molecule has 7 nitrogen and oxygen atoms in total. The molecule has 2 N–H and O–H groups in total. The van der Waals surface area contributed by atoms with Gasteiger partial charge >= 0.3 is 0 Å². The lowest BCUT2D eigenvalue weighted by Crippen LogP contribution is -2.43. The Morgan fingerprint density at radius 1 is 1.25 bits per heavy atom. The molecular formula is C17H21N7. The van der Waals surface area contributed by atoms with E-state index in [1.807, 2.05) is 19.9 Å². The maximum absolute atomic E-state index is 4.52. The van der Waals surface area contributed by atoms with E-state index in [-0.39, 0.29) is 0 Å². The first-order chi connectivity index (χ1) is 11.7. The van der Waals surface area contributed by atoms with Gasteiger partial charge in [-0.2, -0.15) is 0 Å². The number of piperidine rings is 1. The number of anilines is 2. The Bertz CT molecular complexity index is 857. The minimum Gasteiger partial charge on any atom is -0.354 e. The number of nitrogens with zero attached hydrogens (tertiary/aromatic N) is 5. The van der Waals surface area contributed by atoms with Crippen molar-refractivity contribution < 1.29 is 0 Å². The van der Waals surface area contributed by atoms with Crippen molar-refractivity contribution >= 4 is 22.8 Å². The molecule has 1 atom stereocenters. The molecule has 1 aliphatic heterocycles. The maximum Gasteiger partial charge on any atom is 0.223 e. The quantitative estimate of drug-likeness (QED) is 0.770.